The van der Waals surface area contributed by atoms with Crippen LogP contribution in [-0.2, 0) is 10.0 Å². The molecule has 5 nitrogen and oxygen atoms in total. The Labute approximate surface area is 131 Å². The molecule has 0 unspecified atom stereocenters. The highest BCUT2D eigenvalue weighted by atomic mass is 32.2. The molecule has 2 rings (SSSR count). The van der Waals surface area contributed by atoms with Crippen LogP contribution in [0.1, 0.15) is 42.5 Å². The minimum absolute atomic E-state index is 0.178. The van der Waals surface area contributed by atoms with Gasteiger partial charge in [0.05, 0.1) is 4.90 Å². The van der Waals surface area contributed by atoms with E-state index in [4.69, 9.17) is 0 Å². The number of rotatable bonds is 6. The molecule has 1 amide bonds. The Bertz CT molecular complexity index is 648. The van der Waals surface area contributed by atoms with Crippen LogP contribution in [0.15, 0.2) is 40.8 Å². The summed E-state index contributed by atoms with van der Waals surface area (Å²) in [5.41, 5.74) is 1.78. The third kappa shape index (κ3) is 4.42. The van der Waals surface area contributed by atoms with Crippen molar-refractivity contribution in [2.75, 3.05) is 13.6 Å². The van der Waals surface area contributed by atoms with E-state index in [2.05, 4.69) is 16.1 Å². The van der Waals surface area contributed by atoms with Gasteiger partial charge in [0.2, 0.25) is 10.0 Å². The van der Waals surface area contributed by atoms with E-state index in [9.17, 15) is 13.2 Å². The summed E-state index contributed by atoms with van der Waals surface area (Å²) in [7, 11) is -1.98. The highest BCUT2D eigenvalue weighted by molar-refractivity contribution is 7.89. The molecular weight excluding hydrogens is 300 g/mol. The van der Waals surface area contributed by atoms with Crippen LogP contribution in [0.2, 0.25) is 0 Å². The Morgan fingerprint density at radius 2 is 1.91 bits per heavy atom. The minimum Gasteiger partial charge on any atom is -0.355 e. The normalized spacial score (nSPS) is 15.2. The van der Waals surface area contributed by atoms with Gasteiger partial charge in [-0.3, -0.25) is 4.79 Å². The number of nitrogens with one attached hydrogen (secondary N) is 2. The molecule has 2 N–H and O–H groups in total. The maximum atomic E-state index is 12.2. The molecule has 0 saturated heterocycles. The Morgan fingerprint density at radius 1 is 1.18 bits per heavy atom. The number of allylic oxidation sites excluding steroid dienone is 1. The smallest absolute Gasteiger partial charge is 0.251 e. The van der Waals surface area contributed by atoms with Gasteiger partial charge >= 0.3 is 0 Å². The lowest BCUT2D eigenvalue weighted by Crippen LogP contribution is -2.25. The van der Waals surface area contributed by atoms with Crippen LogP contribution in [0.25, 0.3) is 0 Å². The van der Waals surface area contributed by atoms with E-state index in [1.807, 2.05) is 0 Å². The second-order valence-electron chi connectivity index (χ2n) is 5.36. The van der Waals surface area contributed by atoms with Crippen LogP contribution in [0, 0.1) is 0 Å². The molecule has 6 heteroatoms. The first-order valence-corrected chi connectivity index (χ1v) is 9.01. The van der Waals surface area contributed by atoms with Gasteiger partial charge < -0.3 is 5.32 Å². The Kier molecular flexibility index (Phi) is 5.74. The molecule has 0 fully saturated rings. The summed E-state index contributed by atoms with van der Waals surface area (Å²) in [5.74, 6) is -0.235. The minimum atomic E-state index is -3.52. The van der Waals surface area contributed by atoms with Gasteiger partial charge in [0.15, 0.2) is 0 Å². The zero-order valence-corrected chi connectivity index (χ0v) is 13.6. The molecular formula is C16H22N2O3S. The number of amides is 1. The van der Waals surface area contributed by atoms with E-state index in [1.165, 1.54) is 49.7 Å². The van der Waals surface area contributed by atoms with Crippen LogP contribution in [0.4, 0.5) is 0 Å². The predicted molar refractivity (Wildman–Crippen MR) is 86.2 cm³/mol. The monoisotopic (exact) mass is 322 g/mol. The number of hydrogen-bond donors (Lipinski definition) is 2. The number of sulfonamides is 1. The zero-order chi connectivity index (χ0) is 16.0. The van der Waals surface area contributed by atoms with Crippen molar-refractivity contribution in [2.24, 2.45) is 0 Å². The average Bonchev–Trinajstić information content (AvgIpc) is 2.55. The molecule has 0 radical (unpaired) electrons. The highest BCUT2D eigenvalue weighted by Crippen LogP contribution is 2.19. The Balaban J connectivity index is 1.94. The number of carbonyl (C=O) groups excluding carboxylic acids is 1. The lowest BCUT2D eigenvalue weighted by atomic mass is 9.97. The van der Waals surface area contributed by atoms with Crippen LogP contribution >= 0.6 is 0 Å². The number of benzene rings is 1. The van der Waals surface area contributed by atoms with E-state index in [0.717, 1.165) is 19.3 Å². The number of hydrogen-bond acceptors (Lipinski definition) is 3. The van der Waals surface area contributed by atoms with Gasteiger partial charge in [-0.2, -0.15) is 0 Å². The van der Waals surface area contributed by atoms with Crippen molar-refractivity contribution in [1.29, 1.82) is 0 Å². The Morgan fingerprint density at radius 3 is 2.50 bits per heavy atom. The van der Waals surface area contributed by atoms with Crippen molar-refractivity contribution in [2.45, 2.75) is 37.0 Å². The molecule has 0 aromatic heterocycles. The van der Waals surface area contributed by atoms with Crippen molar-refractivity contribution < 1.29 is 13.2 Å². The molecule has 1 aromatic carbocycles. The predicted octanol–water partition coefficient (Wildman–Crippen LogP) is 2.21. The van der Waals surface area contributed by atoms with Crippen LogP contribution in [-0.4, -0.2) is 27.9 Å². The second kappa shape index (κ2) is 7.56. The van der Waals surface area contributed by atoms with Gasteiger partial charge in [0, 0.05) is 19.2 Å². The van der Waals surface area contributed by atoms with E-state index in [1.54, 1.807) is 0 Å². The van der Waals surface area contributed by atoms with Crippen molar-refractivity contribution >= 4 is 15.9 Å². The first-order chi connectivity index (χ1) is 10.5. The Hall–Kier alpha value is -1.66. The van der Waals surface area contributed by atoms with E-state index >= 15 is 0 Å². The van der Waals surface area contributed by atoms with E-state index in [-0.39, 0.29) is 10.8 Å². The quantitative estimate of drug-likeness (QED) is 0.789. The maximum Gasteiger partial charge on any atom is 0.251 e. The maximum absolute atomic E-state index is 12.2. The fraction of sp³-hybridized carbons (Fsp3) is 0.438. The standard InChI is InChI=1S/C16H22N2O3S/c1-17-16(19)14-7-9-15(10-8-14)22(20,21)18-12-11-13-5-3-2-4-6-13/h5,7-10,18H,2-4,6,11-12H2,1H3,(H,17,19). The van der Waals surface area contributed by atoms with Gasteiger partial charge in [-0.05, 0) is 56.4 Å². The molecule has 0 heterocycles. The first kappa shape index (κ1) is 16.7. The largest absolute Gasteiger partial charge is 0.355 e. The van der Waals surface area contributed by atoms with Gasteiger partial charge in [-0.25, -0.2) is 13.1 Å². The summed E-state index contributed by atoms with van der Waals surface area (Å²) in [6.45, 7) is 0.408. The van der Waals surface area contributed by atoms with E-state index in [0.29, 0.717) is 12.1 Å². The summed E-state index contributed by atoms with van der Waals surface area (Å²) in [6.07, 6.45) is 7.57. The lowest BCUT2D eigenvalue weighted by molar-refractivity contribution is 0.0963. The fourth-order valence-corrected chi connectivity index (χ4v) is 3.52. The van der Waals surface area contributed by atoms with Crippen molar-refractivity contribution in [1.82, 2.24) is 10.0 Å². The lowest BCUT2D eigenvalue weighted by Gasteiger charge is -2.13. The summed E-state index contributed by atoms with van der Waals surface area (Å²) in [5, 5.41) is 2.50. The van der Waals surface area contributed by atoms with E-state index < -0.39 is 10.0 Å². The number of carbonyl (C=O) groups is 1. The molecule has 1 aliphatic carbocycles. The highest BCUT2D eigenvalue weighted by Gasteiger charge is 2.14. The van der Waals surface area contributed by atoms with Crippen molar-refractivity contribution in [3.63, 3.8) is 0 Å². The molecule has 0 atom stereocenters. The molecule has 22 heavy (non-hydrogen) atoms. The molecule has 0 spiro atoms. The summed E-state index contributed by atoms with van der Waals surface area (Å²) in [6, 6.07) is 5.92. The van der Waals surface area contributed by atoms with Gasteiger partial charge in [-0.15, -0.1) is 0 Å². The first-order valence-electron chi connectivity index (χ1n) is 7.52. The molecule has 0 aliphatic heterocycles. The SMILES string of the molecule is CNC(=O)c1ccc(S(=O)(=O)NCCC2=CCCCC2)cc1. The van der Waals surface area contributed by atoms with Crippen LogP contribution in [0.3, 0.4) is 0 Å². The summed E-state index contributed by atoms with van der Waals surface area (Å²) in [4.78, 5) is 11.6. The third-order valence-corrected chi connectivity index (χ3v) is 5.25. The zero-order valence-electron chi connectivity index (χ0n) is 12.8. The van der Waals surface area contributed by atoms with Gasteiger partial charge in [-0.1, -0.05) is 11.6 Å². The third-order valence-electron chi connectivity index (χ3n) is 3.78. The van der Waals surface area contributed by atoms with Crippen LogP contribution < -0.4 is 10.0 Å². The van der Waals surface area contributed by atoms with Crippen LogP contribution in [0.5, 0.6) is 0 Å². The molecule has 0 saturated carbocycles. The van der Waals surface area contributed by atoms with Gasteiger partial charge in [0.1, 0.15) is 0 Å². The summed E-state index contributed by atoms with van der Waals surface area (Å²) < 4.78 is 27.0. The molecule has 1 aliphatic rings. The summed E-state index contributed by atoms with van der Waals surface area (Å²) >= 11 is 0. The van der Waals surface area contributed by atoms with Crippen molar-refractivity contribution in [3.05, 3.63) is 41.5 Å². The second-order valence-corrected chi connectivity index (χ2v) is 7.13. The topological polar surface area (TPSA) is 75.3 Å². The fourth-order valence-electron chi connectivity index (χ4n) is 2.49. The molecule has 0 bridgehead atoms. The van der Waals surface area contributed by atoms with Crippen molar-refractivity contribution in [3.8, 4) is 0 Å². The van der Waals surface area contributed by atoms with Gasteiger partial charge in [0.25, 0.3) is 5.91 Å². The molecule has 1 aromatic rings. The molecule has 120 valence electrons. The average molecular weight is 322 g/mol.